The number of carbonyl (C=O) groups is 1. The second-order valence-electron chi connectivity index (χ2n) is 3.90. The highest BCUT2D eigenvalue weighted by atomic mass is 79.9. The Labute approximate surface area is 97.2 Å². The molecule has 0 unspecified atom stereocenters. The van der Waals surface area contributed by atoms with Gasteiger partial charge in [-0.2, -0.15) is 0 Å². The average Bonchev–Trinajstić information content (AvgIpc) is 2.13. The van der Waals surface area contributed by atoms with Gasteiger partial charge >= 0.3 is 0 Å². The molecule has 0 fully saturated rings. The lowest BCUT2D eigenvalue weighted by molar-refractivity contribution is -0.122. The Hall–Kier alpha value is -0.900. The van der Waals surface area contributed by atoms with Gasteiger partial charge in [0.25, 0.3) is 5.56 Å². The van der Waals surface area contributed by atoms with Crippen molar-refractivity contribution in [3.05, 3.63) is 32.7 Å². The van der Waals surface area contributed by atoms with Crippen LogP contribution in [0, 0.1) is 12.8 Å². The number of pyridine rings is 1. The number of Topliss-reactive ketones (excluding diaryl/α,β-unsaturated/α-hetero) is 1. The summed E-state index contributed by atoms with van der Waals surface area (Å²) in [6, 6.07) is 1.75. The maximum absolute atomic E-state index is 11.7. The minimum atomic E-state index is -0.104. The van der Waals surface area contributed by atoms with Gasteiger partial charge in [-0.15, -0.1) is 0 Å². The standard InChI is InChI=1S/C11H14BrNO2/c1-7(2)10(14)6-13-5-9(12)4-8(3)11(13)15/h4-5,7H,6H2,1-3H3. The molecule has 1 aromatic heterocycles. The summed E-state index contributed by atoms with van der Waals surface area (Å²) >= 11 is 3.30. The Kier molecular flexibility index (Phi) is 3.85. The summed E-state index contributed by atoms with van der Waals surface area (Å²) in [5.41, 5.74) is 0.535. The Balaban J connectivity index is 3.05. The highest BCUT2D eigenvalue weighted by Gasteiger charge is 2.10. The van der Waals surface area contributed by atoms with E-state index in [0.29, 0.717) is 5.56 Å². The fourth-order valence-electron chi connectivity index (χ4n) is 1.21. The molecule has 0 bridgehead atoms. The normalized spacial score (nSPS) is 10.7. The third-order valence-corrected chi connectivity index (χ3v) is 2.64. The molecule has 0 aromatic carbocycles. The van der Waals surface area contributed by atoms with Gasteiger partial charge in [0, 0.05) is 22.2 Å². The zero-order valence-corrected chi connectivity index (χ0v) is 10.7. The van der Waals surface area contributed by atoms with E-state index in [0.717, 1.165) is 4.47 Å². The predicted octanol–water partition coefficient (Wildman–Crippen LogP) is 2.14. The Morgan fingerprint density at radius 1 is 1.53 bits per heavy atom. The molecule has 1 aromatic rings. The van der Waals surface area contributed by atoms with E-state index in [1.54, 1.807) is 19.2 Å². The summed E-state index contributed by atoms with van der Waals surface area (Å²) in [5, 5.41) is 0. The first-order valence-corrected chi connectivity index (χ1v) is 5.60. The van der Waals surface area contributed by atoms with Crippen LogP contribution in [-0.4, -0.2) is 10.4 Å². The fraction of sp³-hybridized carbons (Fsp3) is 0.455. The molecule has 0 saturated carbocycles. The lowest BCUT2D eigenvalue weighted by Gasteiger charge is -2.08. The Morgan fingerprint density at radius 3 is 2.67 bits per heavy atom. The molecule has 0 aliphatic rings. The van der Waals surface area contributed by atoms with E-state index >= 15 is 0 Å². The number of carbonyl (C=O) groups excluding carboxylic acids is 1. The van der Waals surface area contributed by atoms with Gasteiger partial charge in [-0.25, -0.2) is 0 Å². The van der Waals surface area contributed by atoms with E-state index in [1.807, 2.05) is 13.8 Å². The van der Waals surface area contributed by atoms with Gasteiger partial charge in [-0.1, -0.05) is 13.8 Å². The smallest absolute Gasteiger partial charge is 0.253 e. The van der Waals surface area contributed by atoms with Gasteiger partial charge in [0.05, 0.1) is 6.54 Å². The van der Waals surface area contributed by atoms with Crippen molar-refractivity contribution in [1.29, 1.82) is 0 Å². The summed E-state index contributed by atoms with van der Waals surface area (Å²) in [7, 11) is 0. The minimum absolute atomic E-state index is 0.0452. The van der Waals surface area contributed by atoms with E-state index in [2.05, 4.69) is 15.9 Å². The number of hydrogen-bond acceptors (Lipinski definition) is 2. The number of rotatable bonds is 3. The van der Waals surface area contributed by atoms with Crippen molar-refractivity contribution in [1.82, 2.24) is 4.57 Å². The maximum atomic E-state index is 11.7. The minimum Gasteiger partial charge on any atom is -0.307 e. The molecule has 1 rings (SSSR count). The van der Waals surface area contributed by atoms with Crippen LogP contribution in [0.25, 0.3) is 0 Å². The third-order valence-electron chi connectivity index (χ3n) is 2.20. The zero-order chi connectivity index (χ0) is 11.6. The monoisotopic (exact) mass is 271 g/mol. The maximum Gasteiger partial charge on any atom is 0.253 e. The fourth-order valence-corrected chi connectivity index (χ4v) is 1.80. The molecular formula is C11H14BrNO2. The Bertz CT molecular complexity index is 435. The second-order valence-corrected chi connectivity index (χ2v) is 4.81. The van der Waals surface area contributed by atoms with Crippen molar-refractivity contribution < 1.29 is 4.79 Å². The van der Waals surface area contributed by atoms with Crippen LogP contribution in [-0.2, 0) is 11.3 Å². The molecule has 0 atom stereocenters. The largest absolute Gasteiger partial charge is 0.307 e. The van der Waals surface area contributed by atoms with Gasteiger partial charge in [-0.3, -0.25) is 9.59 Å². The highest BCUT2D eigenvalue weighted by molar-refractivity contribution is 9.10. The van der Waals surface area contributed by atoms with Crippen molar-refractivity contribution in [3.8, 4) is 0 Å². The quantitative estimate of drug-likeness (QED) is 0.845. The third kappa shape index (κ3) is 3.02. The van der Waals surface area contributed by atoms with Crippen LogP contribution in [0.4, 0.5) is 0 Å². The molecule has 0 radical (unpaired) electrons. The van der Waals surface area contributed by atoms with Crippen LogP contribution in [0.15, 0.2) is 21.5 Å². The number of halogens is 1. The molecule has 3 nitrogen and oxygen atoms in total. The van der Waals surface area contributed by atoms with Crippen molar-refractivity contribution in [2.45, 2.75) is 27.3 Å². The van der Waals surface area contributed by atoms with Crippen LogP contribution in [0.2, 0.25) is 0 Å². The molecule has 0 saturated heterocycles. The van der Waals surface area contributed by atoms with Gasteiger partial charge < -0.3 is 4.57 Å². The topological polar surface area (TPSA) is 39.1 Å². The van der Waals surface area contributed by atoms with E-state index in [4.69, 9.17) is 0 Å². The van der Waals surface area contributed by atoms with Crippen molar-refractivity contribution in [2.24, 2.45) is 5.92 Å². The number of ketones is 1. The summed E-state index contributed by atoms with van der Waals surface area (Å²) < 4.78 is 2.26. The van der Waals surface area contributed by atoms with Gasteiger partial charge in [0.1, 0.15) is 0 Å². The predicted molar refractivity (Wildman–Crippen MR) is 63.0 cm³/mol. The van der Waals surface area contributed by atoms with Gasteiger partial charge in [0.2, 0.25) is 0 Å². The van der Waals surface area contributed by atoms with Crippen LogP contribution in [0.5, 0.6) is 0 Å². The van der Waals surface area contributed by atoms with Crippen molar-refractivity contribution in [2.75, 3.05) is 0 Å². The molecule has 0 N–H and O–H groups in total. The molecule has 15 heavy (non-hydrogen) atoms. The van der Waals surface area contributed by atoms with Crippen LogP contribution >= 0.6 is 15.9 Å². The van der Waals surface area contributed by atoms with Crippen LogP contribution < -0.4 is 5.56 Å². The molecule has 82 valence electrons. The summed E-state index contributed by atoms with van der Waals surface area (Å²) in [6.45, 7) is 5.55. The number of aromatic nitrogens is 1. The van der Waals surface area contributed by atoms with E-state index in [9.17, 15) is 9.59 Å². The summed E-state index contributed by atoms with van der Waals surface area (Å²) in [5.74, 6) is 0.0192. The van der Waals surface area contributed by atoms with E-state index < -0.39 is 0 Å². The molecule has 0 aliphatic carbocycles. The molecule has 4 heteroatoms. The first-order chi connectivity index (χ1) is 6.91. The SMILES string of the molecule is Cc1cc(Br)cn(CC(=O)C(C)C)c1=O. The molecule has 0 amide bonds. The first kappa shape index (κ1) is 12.2. The Morgan fingerprint density at radius 2 is 2.13 bits per heavy atom. The van der Waals surface area contributed by atoms with Crippen LogP contribution in [0.1, 0.15) is 19.4 Å². The highest BCUT2D eigenvalue weighted by Crippen LogP contribution is 2.08. The first-order valence-electron chi connectivity index (χ1n) is 4.81. The summed E-state index contributed by atoms with van der Waals surface area (Å²) in [4.78, 5) is 23.2. The van der Waals surface area contributed by atoms with Gasteiger partial charge in [-0.05, 0) is 28.9 Å². The zero-order valence-electron chi connectivity index (χ0n) is 9.08. The molecular weight excluding hydrogens is 258 g/mol. The second kappa shape index (κ2) is 4.75. The number of aryl methyl sites for hydroxylation is 1. The molecule has 1 heterocycles. The lowest BCUT2D eigenvalue weighted by Crippen LogP contribution is -2.27. The van der Waals surface area contributed by atoms with Gasteiger partial charge in [0.15, 0.2) is 5.78 Å². The lowest BCUT2D eigenvalue weighted by atomic mass is 10.1. The number of nitrogens with zero attached hydrogens (tertiary/aromatic N) is 1. The van der Waals surface area contributed by atoms with Crippen molar-refractivity contribution in [3.63, 3.8) is 0 Å². The van der Waals surface area contributed by atoms with Crippen molar-refractivity contribution >= 4 is 21.7 Å². The number of hydrogen-bond donors (Lipinski definition) is 0. The van der Waals surface area contributed by atoms with E-state index in [-0.39, 0.29) is 23.8 Å². The molecule has 0 spiro atoms. The van der Waals surface area contributed by atoms with E-state index in [1.165, 1.54) is 4.57 Å². The summed E-state index contributed by atoms with van der Waals surface area (Å²) in [6.07, 6.45) is 1.65. The molecule has 0 aliphatic heterocycles. The average molecular weight is 272 g/mol. The van der Waals surface area contributed by atoms with Crippen LogP contribution in [0.3, 0.4) is 0 Å².